The average molecular weight is 502 g/mol. The molecule has 3 aromatic rings. The molecule has 0 saturated carbocycles. The molecule has 7 heteroatoms. The van der Waals surface area contributed by atoms with Crippen molar-refractivity contribution in [3.05, 3.63) is 89.5 Å². The van der Waals surface area contributed by atoms with Crippen molar-refractivity contribution in [2.75, 3.05) is 26.8 Å². The van der Waals surface area contributed by atoms with Crippen LogP contribution >= 0.6 is 0 Å². The Hall–Kier alpha value is -4.13. The van der Waals surface area contributed by atoms with Crippen molar-refractivity contribution in [3.8, 4) is 16.9 Å². The number of carbonyl (C=O) groups is 3. The molecule has 0 atom stereocenters. The van der Waals surface area contributed by atoms with Crippen LogP contribution in [0.1, 0.15) is 36.5 Å². The Morgan fingerprint density at radius 3 is 2.03 bits per heavy atom. The molecule has 192 valence electrons. The van der Waals surface area contributed by atoms with Gasteiger partial charge in [-0.25, -0.2) is 9.59 Å². The number of hydrogen-bond donors (Lipinski definition) is 0. The Kier molecular flexibility index (Phi) is 8.23. The van der Waals surface area contributed by atoms with Gasteiger partial charge in [0.25, 0.3) is 0 Å². The van der Waals surface area contributed by atoms with Crippen molar-refractivity contribution < 1.29 is 28.6 Å². The van der Waals surface area contributed by atoms with Crippen LogP contribution in [0.5, 0.6) is 5.75 Å². The first-order valence-electron chi connectivity index (χ1n) is 12.4. The zero-order valence-electron chi connectivity index (χ0n) is 21.3. The lowest BCUT2D eigenvalue weighted by Crippen LogP contribution is -2.32. The van der Waals surface area contributed by atoms with E-state index in [2.05, 4.69) is 24.3 Å². The highest BCUT2D eigenvalue weighted by molar-refractivity contribution is 5.82. The van der Waals surface area contributed by atoms with Crippen LogP contribution in [0.4, 0.5) is 9.59 Å². The van der Waals surface area contributed by atoms with E-state index in [1.54, 1.807) is 31.3 Å². The lowest BCUT2D eigenvalue weighted by Gasteiger charge is -2.19. The number of ketones is 1. The lowest BCUT2D eigenvalue weighted by atomic mass is 9.98. The maximum Gasteiger partial charge on any atom is 0.513 e. The number of nitrogens with zero attached hydrogens (tertiary/aromatic N) is 1. The van der Waals surface area contributed by atoms with Gasteiger partial charge >= 0.3 is 12.2 Å². The average Bonchev–Trinajstić information content (AvgIpc) is 3.22. The number of ether oxygens (including phenoxy) is 3. The standard InChI is InChI=1S/C30H31NO6/c1-20(2)28(32)18-21-12-14-22(15-13-21)37-30(34)35-17-16-31(3)29(33)36-19-27-25-10-6-4-8-23(25)24-9-5-7-11-26(24)27/h4-15,20,27H,16-19H2,1-3H3. The molecule has 0 spiro atoms. The topological polar surface area (TPSA) is 82.1 Å². The summed E-state index contributed by atoms with van der Waals surface area (Å²) in [6, 6.07) is 23.0. The zero-order chi connectivity index (χ0) is 26.4. The number of carbonyl (C=O) groups excluding carboxylic acids is 3. The smallest absolute Gasteiger partial charge is 0.448 e. The Morgan fingerprint density at radius 1 is 0.838 bits per heavy atom. The fourth-order valence-corrected chi connectivity index (χ4v) is 4.27. The van der Waals surface area contributed by atoms with Gasteiger partial charge in [0.05, 0.1) is 6.54 Å². The third-order valence-electron chi connectivity index (χ3n) is 6.44. The second kappa shape index (κ2) is 11.7. The van der Waals surface area contributed by atoms with Crippen LogP contribution in [0.3, 0.4) is 0 Å². The summed E-state index contributed by atoms with van der Waals surface area (Å²) in [4.78, 5) is 37.8. The van der Waals surface area contributed by atoms with E-state index < -0.39 is 12.2 Å². The van der Waals surface area contributed by atoms with Gasteiger partial charge < -0.3 is 19.1 Å². The second-order valence-corrected chi connectivity index (χ2v) is 9.37. The van der Waals surface area contributed by atoms with Gasteiger partial charge in [0, 0.05) is 25.3 Å². The van der Waals surface area contributed by atoms with Gasteiger partial charge in [-0.2, -0.15) is 0 Å². The zero-order valence-corrected chi connectivity index (χ0v) is 21.3. The molecule has 4 rings (SSSR count). The first kappa shape index (κ1) is 25.9. The third-order valence-corrected chi connectivity index (χ3v) is 6.44. The first-order chi connectivity index (χ1) is 17.8. The molecule has 0 bridgehead atoms. The summed E-state index contributed by atoms with van der Waals surface area (Å²) in [6.45, 7) is 4.06. The molecule has 0 unspecified atom stereocenters. The molecule has 1 aliphatic rings. The van der Waals surface area contributed by atoms with Gasteiger partial charge in [0.2, 0.25) is 0 Å². The van der Waals surface area contributed by atoms with Crippen molar-refractivity contribution in [2.45, 2.75) is 26.2 Å². The highest BCUT2D eigenvalue weighted by Gasteiger charge is 2.29. The molecule has 0 aliphatic heterocycles. The monoisotopic (exact) mass is 501 g/mol. The molecular weight excluding hydrogens is 470 g/mol. The minimum Gasteiger partial charge on any atom is -0.448 e. The molecular formula is C30H31NO6. The van der Waals surface area contributed by atoms with Gasteiger partial charge in [-0.15, -0.1) is 0 Å². The largest absolute Gasteiger partial charge is 0.513 e. The molecule has 7 nitrogen and oxygen atoms in total. The van der Waals surface area contributed by atoms with E-state index in [1.165, 1.54) is 4.90 Å². The number of Topliss-reactive ketones (excluding diaryl/α,β-unsaturated/α-hetero) is 1. The van der Waals surface area contributed by atoms with Crippen LogP contribution in [-0.2, 0) is 20.7 Å². The molecule has 0 fully saturated rings. The Bertz CT molecular complexity index is 1220. The van der Waals surface area contributed by atoms with Gasteiger partial charge in [-0.1, -0.05) is 74.5 Å². The van der Waals surface area contributed by atoms with Gasteiger partial charge in [-0.3, -0.25) is 4.79 Å². The maximum absolute atomic E-state index is 12.5. The number of fused-ring (bicyclic) bond motifs is 3. The molecule has 1 amide bonds. The van der Waals surface area contributed by atoms with Crippen LogP contribution < -0.4 is 4.74 Å². The normalized spacial score (nSPS) is 12.0. The Balaban J connectivity index is 1.21. The van der Waals surface area contributed by atoms with Gasteiger partial charge in [0.15, 0.2) is 0 Å². The predicted molar refractivity (Wildman–Crippen MR) is 140 cm³/mol. The number of benzene rings is 3. The second-order valence-electron chi connectivity index (χ2n) is 9.37. The number of rotatable bonds is 9. The number of amides is 1. The van der Waals surface area contributed by atoms with Gasteiger partial charge in [0.1, 0.15) is 24.7 Å². The van der Waals surface area contributed by atoms with Crippen molar-refractivity contribution in [2.24, 2.45) is 5.92 Å². The Morgan fingerprint density at radius 2 is 1.43 bits per heavy atom. The summed E-state index contributed by atoms with van der Waals surface area (Å²) >= 11 is 0. The summed E-state index contributed by atoms with van der Waals surface area (Å²) in [7, 11) is 1.59. The highest BCUT2D eigenvalue weighted by atomic mass is 16.7. The maximum atomic E-state index is 12.5. The predicted octanol–water partition coefficient (Wildman–Crippen LogP) is 5.85. The van der Waals surface area contributed by atoms with Gasteiger partial charge in [-0.05, 0) is 39.9 Å². The summed E-state index contributed by atoms with van der Waals surface area (Å²) in [5.41, 5.74) is 5.47. The quantitative estimate of drug-likeness (QED) is 0.270. The van der Waals surface area contributed by atoms with Crippen molar-refractivity contribution >= 4 is 18.0 Å². The molecule has 1 aliphatic carbocycles. The van der Waals surface area contributed by atoms with E-state index in [-0.39, 0.29) is 37.4 Å². The molecule has 3 aromatic carbocycles. The van der Waals surface area contributed by atoms with E-state index >= 15 is 0 Å². The summed E-state index contributed by atoms with van der Waals surface area (Å²) in [5, 5.41) is 0. The highest BCUT2D eigenvalue weighted by Crippen LogP contribution is 2.44. The number of likely N-dealkylation sites (N-methyl/N-ethyl adjacent to an activating group) is 1. The third kappa shape index (κ3) is 6.36. The van der Waals surface area contributed by atoms with E-state index in [0.29, 0.717) is 12.2 Å². The van der Waals surface area contributed by atoms with Crippen LogP contribution in [0.2, 0.25) is 0 Å². The molecule has 0 heterocycles. The van der Waals surface area contributed by atoms with E-state index in [0.717, 1.165) is 27.8 Å². The first-order valence-corrected chi connectivity index (χ1v) is 12.4. The van der Waals surface area contributed by atoms with Crippen molar-refractivity contribution in [1.29, 1.82) is 0 Å². The minimum atomic E-state index is -0.869. The summed E-state index contributed by atoms with van der Waals surface area (Å²) in [5.74, 6) is 0.410. The summed E-state index contributed by atoms with van der Waals surface area (Å²) < 4.78 is 15.9. The van der Waals surface area contributed by atoms with Crippen LogP contribution in [0.25, 0.3) is 11.1 Å². The molecule has 0 aromatic heterocycles. The van der Waals surface area contributed by atoms with E-state index in [4.69, 9.17) is 14.2 Å². The number of hydrogen-bond acceptors (Lipinski definition) is 6. The lowest BCUT2D eigenvalue weighted by molar-refractivity contribution is -0.121. The van der Waals surface area contributed by atoms with E-state index in [9.17, 15) is 14.4 Å². The van der Waals surface area contributed by atoms with Crippen molar-refractivity contribution in [1.82, 2.24) is 4.90 Å². The molecule has 0 saturated heterocycles. The van der Waals surface area contributed by atoms with Crippen LogP contribution in [0.15, 0.2) is 72.8 Å². The van der Waals surface area contributed by atoms with Crippen LogP contribution in [-0.4, -0.2) is 49.7 Å². The molecule has 0 radical (unpaired) electrons. The van der Waals surface area contributed by atoms with E-state index in [1.807, 2.05) is 38.1 Å². The fourth-order valence-electron chi connectivity index (χ4n) is 4.27. The summed E-state index contributed by atoms with van der Waals surface area (Å²) in [6.07, 6.45) is -1.03. The minimum absolute atomic E-state index is 0.0224. The Labute approximate surface area is 217 Å². The molecule has 37 heavy (non-hydrogen) atoms. The van der Waals surface area contributed by atoms with Crippen LogP contribution in [0, 0.1) is 5.92 Å². The fraction of sp³-hybridized carbons (Fsp3) is 0.300. The SMILES string of the molecule is CC(C)C(=O)Cc1ccc(OC(=O)OCCN(C)C(=O)OCC2c3ccccc3-c3ccccc32)cc1. The molecule has 0 N–H and O–H groups in total. The van der Waals surface area contributed by atoms with Crippen molar-refractivity contribution in [3.63, 3.8) is 0 Å².